The molecule has 3 rings (SSSR count). The summed E-state index contributed by atoms with van der Waals surface area (Å²) in [5, 5.41) is 6.81. The quantitative estimate of drug-likeness (QED) is 0.779. The van der Waals surface area contributed by atoms with Crippen molar-refractivity contribution in [2.45, 2.75) is 26.7 Å². The molecule has 2 heterocycles. The Morgan fingerprint density at radius 3 is 2.83 bits per heavy atom. The zero-order chi connectivity index (χ0) is 16.9. The van der Waals surface area contributed by atoms with Crippen LogP contribution in [-0.2, 0) is 11.2 Å². The molecular weight excluding hydrogens is 304 g/mol. The summed E-state index contributed by atoms with van der Waals surface area (Å²) in [5.41, 5.74) is 3.69. The van der Waals surface area contributed by atoms with E-state index in [-0.39, 0.29) is 12.3 Å². The maximum absolute atomic E-state index is 12.1. The SMILES string of the molecule is Cc1cccc(NC(=O)CCc2nc(-c3ccccn3)no2)c1C. The molecule has 6 heteroatoms. The molecular formula is C18H18N4O2. The van der Waals surface area contributed by atoms with Gasteiger partial charge in [0.05, 0.1) is 0 Å². The van der Waals surface area contributed by atoms with Gasteiger partial charge in [0, 0.05) is 24.7 Å². The van der Waals surface area contributed by atoms with Crippen molar-refractivity contribution in [2.24, 2.45) is 0 Å². The van der Waals surface area contributed by atoms with E-state index in [1.165, 1.54) is 0 Å². The van der Waals surface area contributed by atoms with E-state index in [1.807, 2.05) is 50.2 Å². The first-order chi connectivity index (χ1) is 11.6. The molecule has 0 aliphatic carbocycles. The minimum absolute atomic E-state index is 0.0821. The highest BCUT2D eigenvalue weighted by Gasteiger charge is 2.12. The summed E-state index contributed by atoms with van der Waals surface area (Å²) < 4.78 is 5.18. The summed E-state index contributed by atoms with van der Waals surface area (Å²) >= 11 is 0. The number of hydrogen-bond acceptors (Lipinski definition) is 5. The van der Waals surface area contributed by atoms with Crippen LogP contribution in [-0.4, -0.2) is 21.0 Å². The molecule has 3 aromatic rings. The largest absolute Gasteiger partial charge is 0.339 e. The van der Waals surface area contributed by atoms with Gasteiger partial charge in [0.2, 0.25) is 17.6 Å². The Kier molecular flexibility index (Phi) is 4.65. The number of nitrogens with one attached hydrogen (secondary N) is 1. The summed E-state index contributed by atoms with van der Waals surface area (Å²) in [5.74, 6) is 0.772. The Balaban J connectivity index is 1.59. The van der Waals surface area contributed by atoms with Crippen molar-refractivity contribution in [3.8, 4) is 11.5 Å². The van der Waals surface area contributed by atoms with E-state index >= 15 is 0 Å². The normalized spacial score (nSPS) is 10.6. The molecule has 0 fully saturated rings. The third-order valence-electron chi connectivity index (χ3n) is 3.81. The number of hydrogen-bond donors (Lipinski definition) is 1. The van der Waals surface area contributed by atoms with Gasteiger partial charge in [-0.1, -0.05) is 23.4 Å². The molecule has 1 aromatic carbocycles. The smallest absolute Gasteiger partial charge is 0.227 e. The molecule has 2 aromatic heterocycles. The van der Waals surface area contributed by atoms with Crippen LogP contribution in [0.5, 0.6) is 0 Å². The Hall–Kier alpha value is -3.02. The zero-order valence-corrected chi connectivity index (χ0v) is 13.6. The molecule has 0 unspecified atom stereocenters. The number of carbonyl (C=O) groups is 1. The molecule has 0 atom stereocenters. The minimum Gasteiger partial charge on any atom is -0.339 e. The van der Waals surface area contributed by atoms with E-state index in [0.717, 1.165) is 16.8 Å². The highest BCUT2D eigenvalue weighted by molar-refractivity contribution is 5.91. The standard InChI is InChI=1S/C18H18N4O2/c1-12-6-5-8-14(13(12)2)20-16(23)9-10-17-21-18(22-24-17)15-7-3-4-11-19-15/h3-8,11H,9-10H2,1-2H3,(H,20,23). The van der Waals surface area contributed by atoms with E-state index in [2.05, 4.69) is 20.4 Å². The topological polar surface area (TPSA) is 80.9 Å². The summed E-state index contributed by atoms with van der Waals surface area (Å²) in [7, 11) is 0. The predicted molar refractivity (Wildman–Crippen MR) is 90.4 cm³/mol. The average Bonchev–Trinajstić information content (AvgIpc) is 3.07. The molecule has 0 aliphatic heterocycles. The fourth-order valence-corrected chi connectivity index (χ4v) is 2.28. The fraction of sp³-hybridized carbons (Fsp3) is 0.222. The van der Waals surface area contributed by atoms with Crippen molar-refractivity contribution in [3.05, 3.63) is 59.6 Å². The summed E-state index contributed by atoms with van der Waals surface area (Å²) in [6.45, 7) is 4.00. The third-order valence-corrected chi connectivity index (χ3v) is 3.81. The van der Waals surface area contributed by atoms with Crippen molar-refractivity contribution in [3.63, 3.8) is 0 Å². The Morgan fingerprint density at radius 2 is 2.04 bits per heavy atom. The molecule has 0 spiro atoms. The first-order valence-electron chi connectivity index (χ1n) is 7.73. The zero-order valence-electron chi connectivity index (χ0n) is 13.6. The van der Waals surface area contributed by atoms with Crippen molar-refractivity contribution in [2.75, 3.05) is 5.32 Å². The predicted octanol–water partition coefficient (Wildman–Crippen LogP) is 3.32. The molecule has 0 radical (unpaired) electrons. The van der Waals surface area contributed by atoms with Crippen LogP contribution >= 0.6 is 0 Å². The van der Waals surface area contributed by atoms with Crippen LogP contribution in [0.1, 0.15) is 23.4 Å². The molecule has 0 saturated heterocycles. The third kappa shape index (κ3) is 3.65. The summed E-state index contributed by atoms with van der Waals surface area (Å²) in [4.78, 5) is 20.6. The number of benzene rings is 1. The van der Waals surface area contributed by atoms with E-state index in [1.54, 1.807) is 6.20 Å². The van der Waals surface area contributed by atoms with Gasteiger partial charge in [0.1, 0.15) is 5.69 Å². The van der Waals surface area contributed by atoms with Crippen molar-refractivity contribution in [1.82, 2.24) is 15.1 Å². The number of rotatable bonds is 5. The Labute approximate surface area is 139 Å². The molecule has 122 valence electrons. The Morgan fingerprint density at radius 1 is 1.17 bits per heavy atom. The molecule has 0 bridgehead atoms. The number of aromatic nitrogens is 3. The molecule has 1 amide bonds. The molecule has 0 saturated carbocycles. The van der Waals surface area contributed by atoms with Gasteiger partial charge in [-0.2, -0.15) is 4.98 Å². The number of aryl methyl sites for hydroxylation is 2. The highest BCUT2D eigenvalue weighted by Crippen LogP contribution is 2.18. The lowest BCUT2D eigenvalue weighted by Gasteiger charge is -2.09. The number of anilines is 1. The van der Waals surface area contributed by atoms with Gasteiger partial charge in [0.15, 0.2) is 0 Å². The van der Waals surface area contributed by atoms with Crippen molar-refractivity contribution < 1.29 is 9.32 Å². The van der Waals surface area contributed by atoms with Crippen molar-refractivity contribution in [1.29, 1.82) is 0 Å². The minimum atomic E-state index is -0.0821. The van der Waals surface area contributed by atoms with Crippen LogP contribution in [0.2, 0.25) is 0 Å². The number of amides is 1. The second kappa shape index (κ2) is 7.04. The maximum atomic E-state index is 12.1. The van der Waals surface area contributed by atoms with Gasteiger partial charge in [-0.25, -0.2) is 0 Å². The van der Waals surface area contributed by atoms with Gasteiger partial charge in [0.25, 0.3) is 0 Å². The van der Waals surface area contributed by atoms with Crippen LogP contribution in [0.15, 0.2) is 47.1 Å². The molecule has 24 heavy (non-hydrogen) atoms. The first-order valence-corrected chi connectivity index (χ1v) is 7.73. The molecule has 1 N–H and O–H groups in total. The fourth-order valence-electron chi connectivity index (χ4n) is 2.28. The Bertz CT molecular complexity index is 843. The average molecular weight is 322 g/mol. The summed E-state index contributed by atoms with van der Waals surface area (Å²) in [6, 6.07) is 11.3. The van der Waals surface area contributed by atoms with Gasteiger partial charge < -0.3 is 9.84 Å². The van der Waals surface area contributed by atoms with Crippen molar-refractivity contribution >= 4 is 11.6 Å². The number of pyridine rings is 1. The van der Waals surface area contributed by atoms with Gasteiger partial charge in [-0.3, -0.25) is 9.78 Å². The summed E-state index contributed by atoms with van der Waals surface area (Å²) in [6.07, 6.45) is 2.33. The second-order valence-electron chi connectivity index (χ2n) is 5.52. The van der Waals surface area contributed by atoms with Crippen LogP contribution in [0.3, 0.4) is 0 Å². The highest BCUT2D eigenvalue weighted by atomic mass is 16.5. The van der Waals surface area contributed by atoms with Gasteiger partial charge >= 0.3 is 0 Å². The number of carbonyl (C=O) groups excluding carboxylic acids is 1. The van der Waals surface area contributed by atoms with E-state index < -0.39 is 0 Å². The first kappa shape index (κ1) is 15.9. The lowest BCUT2D eigenvalue weighted by molar-refractivity contribution is -0.116. The molecule has 6 nitrogen and oxygen atoms in total. The second-order valence-corrected chi connectivity index (χ2v) is 5.52. The monoisotopic (exact) mass is 322 g/mol. The van der Waals surface area contributed by atoms with E-state index in [4.69, 9.17) is 4.52 Å². The number of nitrogens with zero attached hydrogens (tertiary/aromatic N) is 3. The van der Waals surface area contributed by atoms with Gasteiger partial charge in [-0.05, 0) is 43.2 Å². The van der Waals surface area contributed by atoms with E-state index in [9.17, 15) is 4.79 Å². The van der Waals surface area contributed by atoms with Crippen LogP contribution in [0, 0.1) is 13.8 Å². The molecule has 0 aliphatic rings. The maximum Gasteiger partial charge on any atom is 0.227 e. The van der Waals surface area contributed by atoms with Crippen LogP contribution in [0.25, 0.3) is 11.5 Å². The van der Waals surface area contributed by atoms with Crippen LogP contribution < -0.4 is 5.32 Å². The van der Waals surface area contributed by atoms with Gasteiger partial charge in [-0.15, -0.1) is 0 Å². The van der Waals surface area contributed by atoms with Crippen LogP contribution in [0.4, 0.5) is 5.69 Å². The lowest BCUT2D eigenvalue weighted by atomic mass is 10.1. The lowest BCUT2D eigenvalue weighted by Crippen LogP contribution is -2.13. The van der Waals surface area contributed by atoms with E-state index in [0.29, 0.717) is 23.8 Å².